The van der Waals surface area contributed by atoms with Gasteiger partial charge in [0, 0.05) is 12.5 Å². The number of esters is 1. The number of hydrogen-bond acceptors (Lipinski definition) is 3. The van der Waals surface area contributed by atoms with E-state index in [0.29, 0.717) is 18.4 Å². The summed E-state index contributed by atoms with van der Waals surface area (Å²) in [5.41, 5.74) is 0. The summed E-state index contributed by atoms with van der Waals surface area (Å²) in [5, 5.41) is 3.44. The molecular weight excluding hydrogens is 166 g/mol. The molecule has 1 heterocycles. The number of carbonyl (C=O) groups excluding carboxylic acids is 1. The van der Waals surface area contributed by atoms with Crippen molar-refractivity contribution in [3.05, 3.63) is 0 Å². The zero-order valence-corrected chi connectivity index (χ0v) is 8.51. The van der Waals surface area contributed by atoms with Crippen LogP contribution in [0, 0.1) is 5.92 Å². The van der Waals surface area contributed by atoms with Gasteiger partial charge in [-0.1, -0.05) is 13.3 Å². The lowest BCUT2D eigenvalue weighted by atomic mass is 9.91. The van der Waals surface area contributed by atoms with Gasteiger partial charge >= 0.3 is 5.97 Å². The molecule has 3 heteroatoms. The Labute approximate surface area is 79.8 Å². The molecule has 0 aliphatic carbocycles. The lowest BCUT2D eigenvalue weighted by Gasteiger charge is -2.28. The van der Waals surface area contributed by atoms with E-state index in [0.717, 1.165) is 6.54 Å². The molecule has 76 valence electrons. The molecule has 1 saturated heterocycles. The van der Waals surface area contributed by atoms with Crippen molar-refractivity contribution in [2.24, 2.45) is 5.92 Å². The number of nitrogens with one attached hydrogen (secondary N) is 1. The number of methoxy groups -OCH3 is 1. The van der Waals surface area contributed by atoms with Gasteiger partial charge in [-0.2, -0.15) is 0 Å². The fourth-order valence-corrected chi connectivity index (χ4v) is 1.85. The van der Waals surface area contributed by atoms with Crippen LogP contribution in [-0.4, -0.2) is 25.7 Å². The van der Waals surface area contributed by atoms with Gasteiger partial charge in [0.2, 0.25) is 0 Å². The fourth-order valence-electron chi connectivity index (χ4n) is 1.85. The normalized spacial score (nSPS) is 25.2. The molecular formula is C10H19NO2. The molecule has 0 radical (unpaired) electrons. The molecule has 1 aliphatic heterocycles. The first-order valence-corrected chi connectivity index (χ1v) is 5.04. The van der Waals surface area contributed by atoms with Gasteiger partial charge in [0.15, 0.2) is 0 Å². The summed E-state index contributed by atoms with van der Waals surface area (Å²) in [7, 11) is 1.45. The Bertz CT molecular complexity index is 164. The topological polar surface area (TPSA) is 38.3 Å². The molecule has 1 aliphatic rings. The van der Waals surface area contributed by atoms with E-state index in [4.69, 9.17) is 0 Å². The Morgan fingerprint density at radius 2 is 2.38 bits per heavy atom. The maximum absolute atomic E-state index is 11.0. The number of ether oxygens (including phenoxy) is 1. The second-order valence-electron chi connectivity index (χ2n) is 3.81. The number of rotatable bonds is 3. The van der Waals surface area contributed by atoms with Crippen molar-refractivity contribution in [2.45, 2.75) is 38.6 Å². The van der Waals surface area contributed by atoms with Gasteiger partial charge in [-0.3, -0.25) is 4.79 Å². The van der Waals surface area contributed by atoms with Crippen LogP contribution in [0.4, 0.5) is 0 Å². The van der Waals surface area contributed by atoms with Crippen LogP contribution < -0.4 is 5.32 Å². The summed E-state index contributed by atoms with van der Waals surface area (Å²) < 4.78 is 4.64. The number of carbonyl (C=O) groups is 1. The highest BCUT2D eigenvalue weighted by atomic mass is 16.5. The van der Waals surface area contributed by atoms with Crippen molar-refractivity contribution in [1.29, 1.82) is 0 Å². The van der Waals surface area contributed by atoms with Crippen molar-refractivity contribution >= 4 is 5.97 Å². The van der Waals surface area contributed by atoms with Crippen molar-refractivity contribution in [3.63, 3.8) is 0 Å². The van der Waals surface area contributed by atoms with Crippen LogP contribution in [-0.2, 0) is 9.53 Å². The minimum absolute atomic E-state index is 0.0973. The molecule has 2 unspecified atom stereocenters. The molecule has 3 nitrogen and oxygen atoms in total. The predicted octanol–water partition coefficient (Wildman–Crippen LogP) is 1.33. The minimum atomic E-state index is -0.0973. The van der Waals surface area contributed by atoms with Gasteiger partial charge in [-0.05, 0) is 25.3 Å². The third-order valence-corrected chi connectivity index (χ3v) is 2.75. The third-order valence-electron chi connectivity index (χ3n) is 2.75. The van der Waals surface area contributed by atoms with Gasteiger partial charge in [0.25, 0.3) is 0 Å². The number of piperidine rings is 1. The number of hydrogen-bond donors (Lipinski definition) is 1. The summed E-state index contributed by atoms with van der Waals surface area (Å²) in [6.07, 6.45) is 4.27. The van der Waals surface area contributed by atoms with Crippen LogP contribution in [0.15, 0.2) is 0 Å². The molecule has 1 fully saturated rings. The summed E-state index contributed by atoms with van der Waals surface area (Å²) in [5.74, 6) is 0.299. The lowest BCUT2D eigenvalue weighted by molar-refractivity contribution is -0.141. The van der Waals surface area contributed by atoms with Crippen molar-refractivity contribution in [1.82, 2.24) is 5.32 Å². The molecule has 1 N–H and O–H groups in total. The van der Waals surface area contributed by atoms with E-state index in [-0.39, 0.29) is 5.97 Å². The standard InChI is InChI=1S/C10H19NO2/c1-8(7-10(12)13-2)9-5-3-4-6-11-9/h8-9,11H,3-7H2,1-2H3. The van der Waals surface area contributed by atoms with Crippen LogP contribution in [0.3, 0.4) is 0 Å². The third kappa shape index (κ3) is 3.35. The largest absolute Gasteiger partial charge is 0.469 e. The highest BCUT2D eigenvalue weighted by molar-refractivity contribution is 5.69. The summed E-state index contributed by atoms with van der Waals surface area (Å²) in [6, 6.07) is 0.507. The Morgan fingerprint density at radius 3 is 2.92 bits per heavy atom. The van der Waals surface area contributed by atoms with E-state index >= 15 is 0 Å². The van der Waals surface area contributed by atoms with E-state index in [1.165, 1.54) is 26.4 Å². The van der Waals surface area contributed by atoms with E-state index in [9.17, 15) is 4.79 Å². The molecule has 0 amide bonds. The van der Waals surface area contributed by atoms with Gasteiger partial charge in [0.05, 0.1) is 7.11 Å². The molecule has 1 rings (SSSR count). The summed E-state index contributed by atoms with van der Waals surface area (Å²) in [6.45, 7) is 3.20. The fraction of sp³-hybridized carbons (Fsp3) is 0.900. The molecule has 0 bridgehead atoms. The van der Waals surface area contributed by atoms with Crippen LogP contribution in [0.2, 0.25) is 0 Å². The quantitative estimate of drug-likeness (QED) is 0.674. The molecule has 13 heavy (non-hydrogen) atoms. The van der Waals surface area contributed by atoms with Crippen LogP contribution in [0.5, 0.6) is 0 Å². The Hall–Kier alpha value is -0.570. The summed E-state index contributed by atoms with van der Waals surface area (Å²) in [4.78, 5) is 11.0. The maximum atomic E-state index is 11.0. The average molecular weight is 185 g/mol. The second-order valence-corrected chi connectivity index (χ2v) is 3.81. The monoisotopic (exact) mass is 185 g/mol. The van der Waals surface area contributed by atoms with Crippen molar-refractivity contribution in [2.75, 3.05) is 13.7 Å². The molecule has 0 aromatic carbocycles. The van der Waals surface area contributed by atoms with Gasteiger partial charge in [-0.15, -0.1) is 0 Å². The Balaban J connectivity index is 2.28. The first-order valence-electron chi connectivity index (χ1n) is 5.04. The highest BCUT2D eigenvalue weighted by Gasteiger charge is 2.21. The summed E-state index contributed by atoms with van der Waals surface area (Å²) >= 11 is 0. The van der Waals surface area contributed by atoms with Crippen molar-refractivity contribution < 1.29 is 9.53 Å². The van der Waals surface area contributed by atoms with Crippen LogP contribution in [0.25, 0.3) is 0 Å². The average Bonchev–Trinajstić information content (AvgIpc) is 2.19. The molecule has 0 spiro atoms. The van der Waals surface area contributed by atoms with Crippen LogP contribution >= 0.6 is 0 Å². The molecule has 0 aromatic rings. The first kappa shape index (κ1) is 10.5. The maximum Gasteiger partial charge on any atom is 0.305 e. The molecule has 2 atom stereocenters. The SMILES string of the molecule is COC(=O)CC(C)C1CCCCN1. The highest BCUT2D eigenvalue weighted by Crippen LogP contribution is 2.17. The van der Waals surface area contributed by atoms with E-state index in [1.54, 1.807) is 0 Å². The smallest absolute Gasteiger partial charge is 0.305 e. The zero-order chi connectivity index (χ0) is 9.68. The van der Waals surface area contributed by atoms with Crippen molar-refractivity contribution in [3.8, 4) is 0 Å². The Kier molecular flexibility index (Phi) is 4.22. The molecule has 0 saturated carbocycles. The second kappa shape index (κ2) is 5.22. The van der Waals surface area contributed by atoms with Gasteiger partial charge < -0.3 is 10.1 Å². The van der Waals surface area contributed by atoms with E-state index < -0.39 is 0 Å². The van der Waals surface area contributed by atoms with E-state index in [1.807, 2.05) is 0 Å². The zero-order valence-electron chi connectivity index (χ0n) is 8.51. The van der Waals surface area contributed by atoms with Gasteiger partial charge in [0.1, 0.15) is 0 Å². The Morgan fingerprint density at radius 1 is 1.62 bits per heavy atom. The lowest BCUT2D eigenvalue weighted by Crippen LogP contribution is -2.39. The predicted molar refractivity (Wildman–Crippen MR) is 51.4 cm³/mol. The first-order chi connectivity index (χ1) is 6.24. The van der Waals surface area contributed by atoms with Crippen LogP contribution in [0.1, 0.15) is 32.6 Å². The molecule has 0 aromatic heterocycles. The van der Waals surface area contributed by atoms with Gasteiger partial charge in [-0.25, -0.2) is 0 Å². The minimum Gasteiger partial charge on any atom is -0.469 e. The van der Waals surface area contributed by atoms with E-state index in [2.05, 4.69) is 17.0 Å².